The molecular formula is C13H9F3N4O3S. The maximum Gasteiger partial charge on any atom is 0.327 e. The van der Waals surface area contributed by atoms with Crippen molar-refractivity contribution in [2.24, 2.45) is 0 Å². The zero-order chi connectivity index (χ0) is 17.4. The van der Waals surface area contributed by atoms with Crippen LogP contribution >= 0.6 is 0 Å². The van der Waals surface area contributed by atoms with E-state index in [9.17, 15) is 26.4 Å². The number of nitrogens with one attached hydrogen (secondary N) is 1. The molecule has 0 radical (unpaired) electrons. The highest BCUT2D eigenvalue weighted by atomic mass is 32.2. The van der Waals surface area contributed by atoms with Gasteiger partial charge in [0.2, 0.25) is 10.3 Å². The molecule has 2 aromatic rings. The molecule has 1 aromatic carbocycles. The summed E-state index contributed by atoms with van der Waals surface area (Å²) >= 11 is 0. The zero-order valence-corrected chi connectivity index (χ0v) is 12.6. The second-order valence-electron chi connectivity index (χ2n) is 4.82. The zero-order valence-electron chi connectivity index (χ0n) is 11.8. The number of benzene rings is 1. The van der Waals surface area contributed by atoms with Crippen molar-refractivity contribution in [1.82, 2.24) is 14.7 Å². The Balaban J connectivity index is 1.92. The Labute approximate surface area is 134 Å². The summed E-state index contributed by atoms with van der Waals surface area (Å²) in [5.74, 6) is -4.61. The van der Waals surface area contributed by atoms with Gasteiger partial charge in [-0.25, -0.2) is 18.0 Å². The molecule has 11 heteroatoms. The number of hydrogen-bond acceptors (Lipinski definition) is 4. The molecule has 126 valence electrons. The Hall–Kier alpha value is -2.82. The topological polar surface area (TPSA) is 84.3 Å². The minimum absolute atomic E-state index is 0.0179. The molecule has 24 heavy (non-hydrogen) atoms. The first-order valence-corrected chi connectivity index (χ1v) is 7.67. The van der Waals surface area contributed by atoms with Crippen molar-refractivity contribution < 1.29 is 26.4 Å². The summed E-state index contributed by atoms with van der Waals surface area (Å²) in [6.07, 6.45) is 1.38. The summed E-state index contributed by atoms with van der Waals surface area (Å²) in [6, 6.07) is 1.69. The lowest BCUT2D eigenvalue weighted by molar-refractivity contribution is 0.230. The van der Waals surface area contributed by atoms with Crippen molar-refractivity contribution in [3.8, 4) is 0 Å². The first kappa shape index (κ1) is 16.1. The van der Waals surface area contributed by atoms with E-state index in [2.05, 4.69) is 10.4 Å². The number of hydrogen-bond donors (Lipinski definition) is 1. The third-order valence-corrected chi connectivity index (χ3v) is 4.10. The normalized spacial score (nSPS) is 13.6. The molecular weight excluding hydrogens is 349 g/mol. The van der Waals surface area contributed by atoms with Crippen molar-refractivity contribution in [3.63, 3.8) is 0 Å². The van der Waals surface area contributed by atoms with Gasteiger partial charge in [0.1, 0.15) is 5.69 Å². The van der Waals surface area contributed by atoms with Crippen LogP contribution in [0.25, 0.3) is 0 Å². The van der Waals surface area contributed by atoms with E-state index in [1.54, 1.807) is 0 Å². The third-order valence-electron chi connectivity index (χ3n) is 3.35. The minimum Gasteiger partial charge on any atom is -0.307 e. The first-order valence-electron chi connectivity index (χ1n) is 6.60. The summed E-state index contributed by atoms with van der Waals surface area (Å²) in [7, 11) is -2.75. The molecule has 2 heterocycles. The Bertz CT molecular complexity index is 940. The van der Waals surface area contributed by atoms with Crippen LogP contribution in [0.1, 0.15) is 5.69 Å². The fourth-order valence-electron chi connectivity index (χ4n) is 2.31. The quantitative estimate of drug-likeness (QED) is 0.613. The van der Waals surface area contributed by atoms with E-state index in [1.807, 2.05) is 0 Å². The summed E-state index contributed by atoms with van der Waals surface area (Å²) in [5.41, 5.74) is -0.132. The molecule has 0 fully saturated rings. The Morgan fingerprint density at radius 3 is 2.46 bits per heavy atom. The maximum atomic E-state index is 13.2. The van der Waals surface area contributed by atoms with E-state index < -0.39 is 33.8 Å². The molecule has 1 aliphatic heterocycles. The fourth-order valence-corrected chi connectivity index (χ4v) is 3.01. The van der Waals surface area contributed by atoms with E-state index in [4.69, 9.17) is 0 Å². The van der Waals surface area contributed by atoms with E-state index in [0.29, 0.717) is 12.1 Å². The lowest BCUT2D eigenvalue weighted by atomic mass is 10.2. The number of nitrogens with zero attached hydrogens (tertiary/aromatic N) is 3. The smallest absolute Gasteiger partial charge is 0.307 e. The largest absolute Gasteiger partial charge is 0.327 e. The Morgan fingerprint density at radius 2 is 1.83 bits per heavy atom. The maximum absolute atomic E-state index is 13.2. The third kappa shape index (κ3) is 2.73. The Kier molecular flexibility index (Phi) is 4.01. The minimum atomic E-state index is -2.75. The van der Waals surface area contributed by atoms with Crippen molar-refractivity contribution in [2.45, 2.75) is 6.54 Å². The molecule has 3 rings (SSSR count). The first-order chi connectivity index (χ1) is 11.4. The molecule has 0 spiro atoms. The number of rotatable bonds is 1. The van der Waals surface area contributed by atoms with Crippen LogP contribution < -0.4 is 5.32 Å². The second-order valence-corrected chi connectivity index (χ2v) is 5.67. The highest BCUT2D eigenvalue weighted by molar-refractivity contribution is 7.73. The molecule has 0 unspecified atom stereocenters. The lowest BCUT2D eigenvalue weighted by Gasteiger charge is -2.27. The van der Waals surface area contributed by atoms with Crippen molar-refractivity contribution in [1.29, 1.82) is 0 Å². The van der Waals surface area contributed by atoms with Crippen LogP contribution in [0.4, 0.5) is 23.7 Å². The van der Waals surface area contributed by atoms with E-state index in [0.717, 1.165) is 4.90 Å². The predicted molar refractivity (Wildman–Crippen MR) is 77.3 cm³/mol. The number of carbonyl (C=O) groups excluding carboxylic acids is 1. The summed E-state index contributed by atoms with van der Waals surface area (Å²) in [6.45, 7) is 0.221. The number of aromatic nitrogens is 2. The van der Waals surface area contributed by atoms with Crippen LogP contribution in [-0.4, -0.2) is 40.7 Å². The van der Waals surface area contributed by atoms with Crippen LogP contribution in [0.3, 0.4) is 0 Å². The van der Waals surface area contributed by atoms with Gasteiger partial charge in [-0.3, -0.25) is 9.58 Å². The average Bonchev–Trinajstić information content (AvgIpc) is 2.99. The number of anilines is 1. The number of urea groups is 1. The van der Waals surface area contributed by atoms with Gasteiger partial charge < -0.3 is 5.32 Å². The van der Waals surface area contributed by atoms with Crippen LogP contribution in [0.2, 0.25) is 0 Å². The van der Waals surface area contributed by atoms with Crippen LogP contribution in [0.15, 0.2) is 24.4 Å². The number of fused-ring (bicyclic) bond motifs is 1. The molecule has 0 saturated heterocycles. The van der Waals surface area contributed by atoms with Crippen molar-refractivity contribution in [3.05, 3.63) is 47.5 Å². The molecule has 7 nitrogen and oxygen atoms in total. The summed E-state index contributed by atoms with van der Waals surface area (Å²) < 4.78 is 63.7. The van der Waals surface area contributed by atoms with Crippen LogP contribution in [-0.2, 0) is 16.8 Å². The van der Waals surface area contributed by atoms with Gasteiger partial charge in [-0.1, -0.05) is 0 Å². The van der Waals surface area contributed by atoms with E-state index in [1.165, 1.54) is 16.9 Å². The highest BCUT2D eigenvalue weighted by Crippen LogP contribution is 2.19. The number of halogens is 3. The number of carbonyl (C=O) groups is 1. The predicted octanol–water partition coefficient (Wildman–Crippen LogP) is 1.21. The lowest BCUT2D eigenvalue weighted by Crippen LogP contribution is -2.47. The van der Waals surface area contributed by atoms with Crippen LogP contribution in [0, 0.1) is 17.5 Å². The number of amides is 2. The van der Waals surface area contributed by atoms with Crippen molar-refractivity contribution in [2.75, 3.05) is 11.9 Å². The highest BCUT2D eigenvalue weighted by Gasteiger charge is 2.29. The molecule has 1 aliphatic rings. The van der Waals surface area contributed by atoms with Gasteiger partial charge in [0.15, 0.2) is 22.4 Å². The molecule has 0 aliphatic carbocycles. The van der Waals surface area contributed by atoms with Crippen molar-refractivity contribution >= 4 is 27.0 Å². The SMILES string of the molecule is O=C(Nc1cc(F)c(F)c(F)c1)N1CCn2nccc2C1=S(=O)=O. The molecule has 2 amide bonds. The van der Waals surface area contributed by atoms with Crippen LogP contribution in [0.5, 0.6) is 0 Å². The van der Waals surface area contributed by atoms with Gasteiger partial charge in [0, 0.05) is 30.6 Å². The molecule has 1 aromatic heterocycles. The van der Waals surface area contributed by atoms with E-state index in [-0.39, 0.29) is 29.5 Å². The average molecular weight is 358 g/mol. The second kappa shape index (κ2) is 6.00. The standard InChI is InChI=1S/C13H9F3N4O3S/c14-8-5-7(6-9(15)11(8)16)18-13(21)19-3-4-20-10(1-2-17-20)12(19)24(22)23/h1-2,5-6H,3-4H2,(H,18,21). The van der Waals surface area contributed by atoms with Gasteiger partial charge in [0.25, 0.3) is 0 Å². The summed E-state index contributed by atoms with van der Waals surface area (Å²) in [4.78, 5) is 12.9. The van der Waals surface area contributed by atoms with Gasteiger partial charge in [0.05, 0.1) is 6.54 Å². The summed E-state index contributed by atoms with van der Waals surface area (Å²) in [5, 5.41) is 6.07. The Morgan fingerprint density at radius 1 is 1.17 bits per heavy atom. The molecule has 0 saturated carbocycles. The molecule has 0 atom stereocenters. The molecule has 0 bridgehead atoms. The monoisotopic (exact) mass is 358 g/mol. The van der Waals surface area contributed by atoms with Gasteiger partial charge in [-0.05, 0) is 6.07 Å². The van der Waals surface area contributed by atoms with Gasteiger partial charge >= 0.3 is 6.03 Å². The van der Waals surface area contributed by atoms with E-state index >= 15 is 0 Å². The van der Waals surface area contributed by atoms with Gasteiger partial charge in [-0.15, -0.1) is 0 Å². The van der Waals surface area contributed by atoms with Gasteiger partial charge in [-0.2, -0.15) is 13.5 Å². The fraction of sp³-hybridized carbons (Fsp3) is 0.154. The molecule has 1 N–H and O–H groups in total.